The number of benzene rings is 2. The van der Waals surface area contributed by atoms with Crippen molar-refractivity contribution < 1.29 is 15.0 Å². The maximum Gasteiger partial charge on any atom is 0.339 e. The molecule has 0 fully saturated rings. The lowest BCUT2D eigenvalue weighted by Gasteiger charge is -1.99. The Morgan fingerprint density at radius 1 is 1.00 bits per heavy atom. The number of rotatable bonds is 3. The summed E-state index contributed by atoms with van der Waals surface area (Å²) in [6.45, 7) is 0. The molecule has 0 bridgehead atoms. The predicted octanol–water partition coefficient (Wildman–Crippen LogP) is 4.16. The molecule has 0 amide bonds. The third-order valence-electron chi connectivity index (χ3n) is 2.32. The third-order valence-corrected chi connectivity index (χ3v) is 2.57. The van der Waals surface area contributed by atoms with Gasteiger partial charge in [0.2, 0.25) is 0 Å². The van der Waals surface area contributed by atoms with Gasteiger partial charge in [0.05, 0.1) is 11.4 Å². The van der Waals surface area contributed by atoms with Gasteiger partial charge in [-0.05, 0) is 42.5 Å². The van der Waals surface area contributed by atoms with Crippen molar-refractivity contribution in [3.63, 3.8) is 0 Å². The fourth-order valence-electron chi connectivity index (χ4n) is 1.38. The van der Waals surface area contributed by atoms with Gasteiger partial charge in [0.15, 0.2) is 0 Å². The zero-order valence-electron chi connectivity index (χ0n) is 9.62. The fourth-order valence-corrected chi connectivity index (χ4v) is 1.51. The summed E-state index contributed by atoms with van der Waals surface area (Å²) in [7, 11) is 0. The highest BCUT2D eigenvalue weighted by molar-refractivity contribution is 6.30. The number of phenols is 1. The quantitative estimate of drug-likeness (QED) is 0.826. The van der Waals surface area contributed by atoms with E-state index in [2.05, 4.69) is 10.2 Å². The second-order valence-electron chi connectivity index (χ2n) is 3.68. The second-order valence-corrected chi connectivity index (χ2v) is 4.12. The summed E-state index contributed by atoms with van der Waals surface area (Å²) in [4.78, 5) is 10.8. The van der Waals surface area contributed by atoms with E-state index >= 15 is 0 Å². The first-order valence-electron chi connectivity index (χ1n) is 5.30. The molecule has 0 saturated carbocycles. The van der Waals surface area contributed by atoms with Crippen LogP contribution < -0.4 is 0 Å². The molecule has 19 heavy (non-hydrogen) atoms. The van der Waals surface area contributed by atoms with Crippen molar-refractivity contribution in [1.29, 1.82) is 0 Å². The van der Waals surface area contributed by atoms with Crippen molar-refractivity contribution in [2.45, 2.75) is 0 Å². The van der Waals surface area contributed by atoms with Crippen LogP contribution in [0.4, 0.5) is 11.4 Å². The van der Waals surface area contributed by atoms with E-state index in [9.17, 15) is 9.90 Å². The van der Waals surface area contributed by atoms with Gasteiger partial charge < -0.3 is 10.2 Å². The van der Waals surface area contributed by atoms with Gasteiger partial charge in [-0.3, -0.25) is 0 Å². The first-order chi connectivity index (χ1) is 9.06. The molecule has 6 heteroatoms. The third kappa shape index (κ3) is 3.29. The van der Waals surface area contributed by atoms with Crippen LogP contribution >= 0.6 is 11.6 Å². The summed E-state index contributed by atoms with van der Waals surface area (Å²) in [5, 5.41) is 26.6. The smallest absolute Gasteiger partial charge is 0.339 e. The van der Waals surface area contributed by atoms with Gasteiger partial charge >= 0.3 is 5.97 Å². The molecule has 0 aliphatic rings. The summed E-state index contributed by atoms with van der Waals surface area (Å²) in [6, 6.07) is 10.7. The topological polar surface area (TPSA) is 82.2 Å². The number of halogens is 1. The van der Waals surface area contributed by atoms with Gasteiger partial charge in [-0.1, -0.05) is 11.6 Å². The number of hydrogen-bond donors (Lipinski definition) is 2. The van der Waals surface area contributed by atoms with Crippen LogP contribution in [0, 0.1) is 0 Å². The highest BCUT2D eigenvalue weighted by Crippen LogP contribution is 2.25. The maximum absolute atomic E-state index is 10.8. The van der Waals surface area contributed by atoms with Gasteiger partial charge in [-0.15, -0.1) is 0 Å². The molecular formula is C13H9ClN2O3. The molecule has 0 radical (unpaired) electrons. The van der Waals surface area contributed by atoms with Gasteiger partial charge in [0.25, 0.3) is 0 Å². The Hall–Kier alpha value is -2.40. The molecule has 5 nitrogen and oxygen atoms in total. The van der Waals surface area contributed by atoms with E-state index < -0.39 is 5.97 Å². The van der Waals surface area contributed by atoms with Crippen molar-refractivity contribution in [1.82, 2.24) is 0 Å². The summed E-state index contributed by atoms with van der Waals surface area (Å²) >= 11 is 5.74. The average Bonchev–Trinajstić information content (AvgIpc) is 2.39. The lowest BCUT2D eigenvalue weighted by molar-refractivity contribution is 0.0694. The highest BCUT2D eigenvalue weighted by Gasteiger charge is 2.09. The second kappa shape index (κ2) is 5.49. The molecule has 2 rings (SSSR count). The molecule has 96 valence electrons. The van der Waals surface area contributed by atoms with E-state index in [1.165, 1.54) is 18.2 Å². The first kappa shape index (κ1) is 13.0. The normalized spacial score (nSPS) is 10.8. The Bertz CT molecular complexity index is 639. The van der Waals surface area contributed by atoms with Gasteiger partial charge in [0.1, 0.15) is 11.3 Å². The standard InChI is InChI=1S/C13H9ClN2O3/c14-8-1-3-9(4-2-8)15-16-10-5-6-12(17)11(7-10)13(18)19/h1-7,17H,(H,18,19). The number of carbonyl (C=O) groups is 1. The SMILES string of the molecule is O=C(O)c1cc(N=Nc2ccc(Cl)cc2)ccc1O. The van der Waals surface area contributed by atoms with Crippen LogP contribution in [-0.4, -0.2) is 16.2 Å². The van der Waals surface area contributed by atoms with Crippen molar-refractivity contribution >= 4 is 28.9 Å². The first-order valence-corrected chi connectivity index (χ1v) is 5.67. The van der Waals surface area contributed by atoms with Gasteiger partial charge in [0, 0.05) is 5.02 Å². The van der Waals surface area contributed by atoms with E-state index in [1.807, 2.05) is 0 Å². The van der Waals surface area contributed by atoms with Crippen LogP contribution in [0.3, 0.4) is 0 Å². The van der Waals surface area contributed by atoms with Gasteiger partial charge in [-0.2, -0.15) is 10.2 Å². The molecule has 0 saturated heterocycles. The van der Waals surface area contributed by atoms with E-state index in [1.54, 1.807) is 24.3 Å². The number of aromatic hydroxyl groups is 1. The minimum atomic E-state index is -1.22. The van der Waals surface area contributed by atoms with Crippen molar-refractivity contribution in [2.75, 3.05) is 0 Å². The van der Waals surface area contributed by atoms with Crippen LogP contribution in [-0.2, 0) is 0 Å². The largest absolute Gasteiger partial charge is 0.507 e. The molecule has 0 atom stereocenters. The molecular weight excluding hydrogens is 268 g/mol. The number of nitrogens with zero attached hydrogens (tertiary/aromatic N) is 2. The maximum atomic E-state index is 10.8. The van der Waals surface area contributed by atoms with Crippen molar-refractivity contribution in [3.8, 4) is 5.75 Å². The zero-order valence-corrected chi connectivity index (χ0v) is 10.4. The molecule has 0 aliphatic heterocycles. The summed E-state index contributed by atoms with van der Waals surface area (Å²) in [5.74, 6) is -1.53. The molecule has 0 unspecified atom stereocenters. The summed E-state index contributed by atoms with van der Waals surface area (Å²) in [5.41, 5.74) is 0.715. The Labute approximate surface area is 113 Å². The molecule has 2 N–H and O–H groups in total. The molecule has 0 aromatic heterocycles. The number of carboxylic acid groups (broad SMARTS) is 1. The number of hydrogen-bond acceptors (Lipinski definition) is 4. The molecule has 0 spiro atoms. The number of carboxylic acids is 1. The molecule has 2 aromatic carbocycles. The van der Waals surface area contributed by atoms with Crippen LogP contribution in [0.25, 0.3) is 0 Å². The Balaban J connectivity index is 2.26. The molecule has 0 aliphatic carbocycles. The predicted molar refractivity (Wildman–Crippen MR) is 70.7 cm³/mol. The Morgan fingerprint density at radius 2 is 1.58 bits per heavy atom. The lowest BCUT2D eigenvalue weighted by Crippen LogP contribution is -1.95. The minimum absolute atomic E-state index is 0.215. The van der Waals surface area contributed by atoms with Crippen molar-refractivity contribution in [3.05, 3.63) is 53.1 Å². The number of aromatic carboxylic acids is 1. The van der Waals surface area contributed by atoms with Crippen LogP contribution in [0.1, 0.15) is 10.4 Å². The van der Waals surface area contributed by atoms with Crippen LogP contribution in [0.15, 0.2) is 52.7 Å². The van der Waals surface area contributed by atoms with Gasteiger partial charge in [-0.25, -0.2) is 4.79 Å². The number of azo groups is 1. The molecule has 2 aromatic rings. The van der Waals surface area contributed by atoms with E-state index in [0.717, 1.165) is 0 Å². The Kier molecular flexibility index (Phi) is 3.77. The average molecular weight is 277 g/mol. The Morgan fingerprint density at radius 3 is 2.21 bits per heavy atom. The minimum Gasteiger partial charge on any atom is -0.507 e. The summed E-state index contributed by atoms with van der Waals surface area (Å²) < 4.78 is 0. The van der Waals surface area contributed by atoms with Crippen LogP contribution in [0.5, 0.6) is 5.75 Å². The van der Waals surface area contributed by atoms with Crippen LogP contribution in [0.2, 0.25) is 5.02 Å². The fraction of sp³-hybridized carbons (Fsp3) is 0. The highest BCUT2D eigenvalue weighted by atomic mass is 35.5. The summed E-state index contributed by atoms with van der Waals surface area (Å²) in [6.07, 6.45) is 0. The zero-order chi connectivity index (χ0) is 13.8. The lowest BCUT2D eigenvalue weighted by atomic mass is 10.2. The van der Waals surface area contributed by atoms with E-state index in [0.29, 0.717) is 16.4 Å². The molecule has 0 heterocycles. The van der Waals surface area contributed by atoms with E-state index in [-0.39, 0.29) is 11.3 Å². The van der Waals surface area contributed by atoms with E-state index in [4.69, 9.17) is 16.7 Å². The monoisotopic (exact) mass is 276 g/mol. The van der Waals surface area contributed by atoms with Crippen molar-refractivity contribution in [2.24, 2.45) is 10.2 Å².